The number of pyridine rings is 1. The molecule has 0 amide bonds. The molecule has 0 atom stereocenters. The van der Waals surface area contributed by atoms with E-state index < -0.39 is 0 Å². The summed E-state index contributed by atoms with van der Waals surface area (Å²) in [6, 6.07) is 3.74. The molecule has 16 heavy (non-hydrogen) atoms. The first kappa shape index (κ1) is 12.9. The summed E-state index contributed by atoms with van der Waals surface area (Å²) in [5, 5.41) is 0. The van der Waals surface area contributed by atoms with E-state index in [4.69, 9.17) is 22.7 Å². The number of nitrogens with two attached hydrogens (primary N) is 1. The molecule has 0 aliphatic heterocycles. The maximum absolute atomic E-state index is 5.61. The highest BCUT2D eigenvalue weighted by molar-refractivity contribution is 7.80. The van der Waals surface area contributed by atoms with Crippen molar-refractivity contribution >= 4 is 17.2 Å². The summed E-state index contributed by atoms with van der Waals surface area (Å²) in [7, 11) is 0. The van der Waals surface area contributed by atoms with Crippen LogP contribution in [0.15, 0.2) is 12.1 Å². The van der Waals surface area contributed by atoms with Gasteiger partial charge in [-0.1, -0.05) is 26.1 Å². The van der Waals surface area contributed by atoms with E-state index in [-0.39, 0.29) is 0 Å². The van der Waals surface area contributed by atoms with Crippen molar-refractivity contribution in [2.75, 3.05) is 6.61 Å². The zero-order valence-electron chi connectivity index (χ0n) is 9.99. The van der Waals surface area contributed by atoms with Crippen molar-refractivity contribution < 1.29 is 4.74 Å². The Balaban J connectivity index is 2.76. The molecule has 2 N–H and O–H groups in total. The Morgan fingerprint density at radius 3 is 2.75 bits per heavy atom. The molecule has 1 rings (SSSR count). The van der Waals surface area contributed by atoms with Gasteiger partial charge in [0.25, 0.3) is 0 Å². The highest BCUT2D eigenvalue weighted by Crippen LogP contribution is 2.16. The van der Waals surface area contributed by atoms with E-state index in [0.29, 0.717) is 29.0 Å². The Kier molecular flexibility index (Phi) is 4.68. The van der Waals surface area contributed by atoms with Gasteiger partial charge in [0.2, 0.25) is 5.88 Å². The lowest BCUT2D eigenvalue weighted by Crippen LogP contribution is -2.14. The van der Waals surface area contributed by atoms with E-state index in [0.717, 1.165) is 12.1 Å². The zero-order valence-corrected chi connectivity index (χ0v) is 10.8. The molecule has 0 bridgehead atoms. The smallest absolute Gasteiger partial charge is 0.223 e. The van der Waals surface area contributed by atoms with E-state index in [1.165, 1.54) is 0 Å². The molecule has 1 aromatic rings. The van der Waals surface area contributed by atoms with Gasteiger partial charge >= 0.3 is 0 Å². The van der Waals surface area contributed by atoms with Crippen molar-refractivity contribution in [1.29, 1.82) is 0 Å². The molecule has 0 aliphatic rings. The SMILES string of the molecule is Cc1ccc(C(N)=S)c(OCCC(C)C)n1. The Labute approximate surface area is 102 Å². The van der Waals surface area contributed by atoms with Crippen LogP contribution in [0.25, 0.3) is 0 Å². The first-order valence-electron chi connectivity index (χ1n) is 5.41. The average Bonchev–Trinajstić information content (AvgIpc) is 2.16. The summed E-state index contributed by atoms with van der Waals surface area (Å²) in [6.45, 7) is 6.87. The third-order valence-corrected chi connectivity index (χ3v) is 2.42. The van der Waals surface area contributed by atoms with Crippen LogP contribution in [0.2, 0.25) is 0 Å². The molecule has 3 nitrogen and oxygen atoms in total. The lowest BCUT2D eigenvalue weighted by Gasteiger charge is -2.11. The third-order valence-electron chi connectivity index (χ3n) is 2.20. The number of thiocarbonyl (C=S) groups is 1. The van der Waals surface area contributed by atoms with Gasteiger partial charge in [-0.25, -0.2) is 4.98 Å². The molecular weight excluding hydrogens is 220 g/mol. The number of aryl methyl sites for hydroxylation is 1. The summed E-state index contributed by atoms with van der Waals surface area (Å²) in [6.07, 6.45) is 0.992. The van der Waals surface area contributed by atoms with Gasteiger partial charge in [-0.05, 0) is 31.4 Å². The van der Waals surface area contributed by atoms with Crippen molar-refractivity contribution in [3.8, 4) is 5.88 Å². The topological polar surface area (TPSA) is 48.1 Å². The van der Waals surface area contributed by atoms with Gasteiger partial charge in [0.15, 0.2) is 0 Å². The number of nitrogens with zero attached hydrogens (tertiary/aromatic N) is 1. The Morgan fingerprint density at radius 1 is 1.50 bits per heavy atom. The van der Waals surface area contributed by atoms with Crippen LogP contribution in [0.4, 0.5) is 0 Å². The summed E-state index contributed by atoms with van der Waals surface area (Å²) < 4.78 is 5.61. The number of hydrogen-bond acceptors (Lipinski definition) is 3. The number of aromatic nitrogens is 1. The fourth-order valence-electron chi connectivity index (χ4n) is 1.22. The van der Waals surface area contributed by atoms with Crippen LogP contribution in [0, 0.1) is 12.8 Å². The molecule has 0 radical (unpaired) electrons. The minimum absolute atomic E-state index is 0.326. The van der Waals surface area contributed by atoms with Crippen LogP contribution in [0.1, 0.15) is 31.5 Å². The first-order valence-corrected chi connectivity index (χ1v) is 5.81. The standard InChI is InChI=1S/C12H18N2OS/c1-8(2)6-7-15-12-10(11(13)16)5-4-9(3)14-12/h4-5,8H,6-7H2,1-3H3,(H2,13,16). The molecule has 0 aromatic carbocycles. The molecule has 4 heteroatoms. The molecule has 0 fully saturated rings. The molecule has 0 aliphatic carbocycles. The largest absolute Gasteiger partial charge is 0.477 e. The second-order valence-corrected chi connectivity index (χ2v) is 4.64. The molecule has 0 saturated carbocycles. The van der Waals surface area contributed by atoms with Crippen LogP contribution in [-0.4, -0.2) is 16.6 Å². The summed E-state index contributed by atoms with van der Waals surface area (Å²) in [4.78, 5) is 4.63. The lowest BCUT2D eigenvalue weighted by atomic mass is 10.1. The number of ether oxygens (including phenoxy) is 1. The molecule has 1 aromatic heterocycles. The van der Waals surface area contributed by atoms with Gasteiger partial charge in [0.1, 0.15) is 4.99 Å². The Morgan fingerprint density at radius 2 is 2.19 bits per heavy atom. The summed E-state index contributed by atoms with van der Waals surface area (Å²) in [5.41, 5.74) is 7.22. The second kappa shape index (κ2) is 5.80. The second-order valence-electron chi connectivity index (χ2n) is 4.20. The highest BCUT2D eigenvalue weighted by atomic mass is 32.1. The van der Waals surface area contributed by atoms with Gasteiger partial charge in [-0.2, -0.15) is 0 Å². The van der Waals surface area contributed by atoms with Gasteiger partial charge in [-0.3, -0.25) is 0 Å². The van der Waals surface area contributed by atoms with E-state index in [1.807, 2.05) is 19.1 Å². The Hall–Kier alpha value is -1.16. The predicted octanol–water partition coefficient (Wildman–Crippen LogP) is 2.45. The van der Waals surface area contributed by atoms with Crippen LogP contribution < -0.4 is 10.5 Å². The average molecular weight is 238 g/mol. The summed E-state index contributed by atoms with van der Waals surface area (Å²) in [5.74, 6) is 1.16. The van der Waals surface area contributed by atoms with E-state index in [2.05, 4.69) is 18.8 Å². The van der Waals surface area contributed by atoms with Crippen molar-refractivity contribution in [2.45, 2.75) is 27.2 Å². The molecule has 1 heterocycles. The van der Waals surface area contributed by atoms with Crippen molar-refractivity contribution in [3.05, 3.63) is 23.4 Å². The summed E-state index contributed by atoms with van der Waals surface area (Å²) >= 11 is 4.95. The Bertz CT molecular complexity index is 377. The van der Waals surface area contributed by atoms with E-state index in [9.17, 15) is 0 Å². The normalized spacial score (nSPS) is 10.5. The van der Waals surface area contributed by atoms with Crippen LogP contribution in [0.5, 0.6) is 5.88 Å². The van der Waals surface area contributed by atoms with Crippen molar-refractivity contribution in [3.63, 3.8) is 0 Å². The minimum Gasteiger partial charge on any atom is -0.477 e. The fraction of sp³-hybridized carbons (Fsp3) is 0.500. The maximum Gasteiger partial charge on any atom is 0.223 e. The zero-order chi connectivity index (χ0) is 12.1. The number of rotatable bonds is 5. The van der Waals surface area contributed by atoms with Crippen LogP contribution >= 0.6 is 12.2 Å². The molecule has 0 unspecified atom stereocenters. The van der Waals surface area contributed by atoms with Gasteiger partial charge in [0.05, 0.1) is 12.2 Å². The fourth-order valence-corrected chi connectivity index (χ4v) is 1.38. The van der Waals surface area contributed by atoms with Crippen LogP contribution in [-0.2, 0) is 0 Å². The molecule has 0 saturated heterocycles. The predicted molar refractivity (Wildman–Crippen MR) is 69.8 cm³/mol. The lowest BCUT2D eigenvalue weighted by molar-refractivity contribution is 0.278. The molecular formula is C12H18N2OS. The quantitative estimate of drug-likeness (QED) is 0.800. The molecule has 0 spiro atoms. The highest BCUT2D eigenvalue weighted by Gasteiger charge is 2.08. The third kappa shape index (κ3) is 3.77. The minimum atomic E-state index is 0.326. The molecule has 88 valence electrons. The number of hydrogen-bond donors (Lipinski definition) is 1. The van der Waals surface area contributed by atoms with E-state index in [1.54, 1.807) is 0 Å². The van der Waals surface area contributed by atoms with Crippen molar-refractivity contribution in [1.82, 2.24) is 4.98 Å². The van der Waals surface area contributed by atoms with Gasteiger partial charge < -0.3 is 10.5 Å². The van der Waals surface area contributed by atoms with Gasteiger partial charge in [-0.15, -0.1) is 0 Å². The monoisotopic (exact) mass is 238 g/mol. The van der Waals surface area contributed by atoms with Gasteiger partial charge in [0, 0.05) is 5.69 Å². The van der Waals surface area contributed by atoms with Crippen LogP contribution in [0.3, 0.4) is 0 Å². The van der Waals surface area contributed by atoms with Crippen molar-refractivity contribution in [2.24, 2.45) is 11.7 Å². The van der Waals surface area contributed by atoms with E-state index >= 15 is 0 Å². The first-order chi connectivity index (χ1) is 7.50. The maximum atomic E-state index is 5.61.